The number of amides is 1. The average molecular weight is 302 g/mol. The Balaban J connectivity index is 2.02. The summed E-state index contributed by atoms with van der Waals surface area (Å²) >= 11 is 1.49. The van der Waals surface area contributed by atoms with Crippen molar-refractivity contribution in [2.75, 3.05) is 11.9 Å². The molecule has 0 saturated heterocycles. The Kier molecular flexibility index (Phi) is 5.71. The summed E-state index contributed by atoms with van der Waals surface area (Å²) in [5, 5.41) is 3.61. The molecule has 1 amide bonds. The van der Waals surface area contributed by atoms with Crippen molar-refractivity contribution >= 4 is 23.4 Å². The molecule has 0 bridgehead atoms. The molecular formula is C15H18N4OS. The fraction of sp³-hybridized carbons (Fsp3) is 0.267. The molecule has 0 saturated carbocycles. The molecule has 0 aliphatic carbocycles. The second-order valence-corrected chi connectivity index (χ2v) is 5.59. The number of aryl methyl sites for hydroxylation is 1. The first-order valence-corrected chi connectivity index (χ1v) is 7.56. The minimum atomic E-state index is -0.00431. The fourth-order valence-corrected chi connectivity index (χ4v) is 2.57. The SMILES string of the molecule is Cc1cc(Sc2ncccn2)ccc1NC(=O)CCCN. The zero-order valence-electron chi connectivity index (χ0n) is 11.9. The summed E-state index contributed by atoms with van der Waals surface area (Å²) < 4.78 is 0. The molecule has 5 nitrogen and oxygen atoms in total. The van der Waals surface area contributed by atoms with Crippen molar-refractivity contribution < 1.29 is 4.79 Å². The van der Waals surface area contributed by atoms with Gasteiger partial charge in [0.25, 0.3) is 0 Å². The van der Waals surface area contributed by atoms with E-state index in [1.54, 1.807) is 18.5 Å². The van der Waals surface area contributed by atoms with Gasteiger partial charge in [0.15, 0.2) is 5.16 Å². The number of nitrogens with two attached hydrogens (primary N) is 1. The summed E-state index contributed by atoms with van der Waals surface area (Å²) in [7, 11) is 0. The second kappa shape index (κ2) is 7.75. The monoisotopic (exact) mass is 302 g/mol. The van der Waals surface area contributed by atoms with E-state index in [1.807, 2.05) is 25.1 Å². The first kappa shape index (κ1) is 15.5. The molecule has 0 aliphatic rings. The Morgan fingerprint density at radius 3 is 2.76 bits per heavy atom. The number of nitrogens with one attached hydrogen (secondary N) is 1. The van der Waals surface area contributed by atoms with Crippen molar-refractivity contribution in [3.63, 3.8) is 0 Å². The van der Waals surface area contributed by atoms with Gasteiger partial charge in [0.2, 0.25) is 5.91 Å². The first-order chi connectivity index (χ1) is 10.2. The normalized spacial score (nSPS) is 10.4. The highest BCUT2D eigenvalue weighted by molar-refractivity contribution is 7.99. The highest BCUT2D eigenvalue weighted by Crippen LogP contribution is 2.27. The van der Waals surface area contributed by atoms with Crippen LogP contribution in [0.5, 0.6) is 0 Å². The largest absolute Gasteiger partial charge is 0.330 e. The van der Waals surface area contributed by atoms with Gasteiger partial charge in [-0.3, -0.25) is 4.79 Å². The molecule has 1 heterocycles. The van der Waals surface area contributed by atoms with Crippen LogP contribution in [0.2, 0.25) is 0 Å². The van der Waals surface area contributed by atoms with Gasteiger partial charge in [-0.2, -0.15) is 0 Å². The lowest BCUT2D eigenvalue weighted by atomic mass is 10.2. The van der Waals surface area contributed by atoms with Gasteiger partial charge in [-0.25, -0.2) is 9.97 Å². The van der Waals surface area contributed by atoms with Crippen LogP contribution in [0.3, 0.4) is 0 Å². The minimum Gasteiger partial charge on any atom is -0.330 e. The Bertz CT molecular complexity index is 604. The van der Waals surface area contributed by atoms with E-state index in [0.29, 0.717) is 24.5 Å². The van der Waals surface area contributed by atoms with Crippen LogP contribution in [0.1, 0.15) is 18.4 Å². The number of aromatic nitrogens is 2. The number of hydrogen-bond acceptors (Lipinski definition) is 5. The smallest absolute Gasteiger partial charge is 0.224 e. The zero-order valence-corrected chi connectivity index (χ0v) is 12.7. The summed E-state index contributed by atoms with van der Waals surface area (Å²) in [5.41, 5.74) is 7.24. The summed E-state index contributed by atoms with van der Waals surface area (Å²) in [6.45, 7) is 2.49. The fourth-order valence-electron chi connectivity index (χ4n) is 1.76. The third kappa shape index (κ3) is 4.84. The van der Waals surface area contributed by atoms with E-state index in [1.165, 1.54) is 11.8 Å². The van der Waals surface area contributed by atoms with Crippen LogP contribution in [-0.2, 0) is 4.79 Å². The summed E-state index contributed by atoms with van der Waals surface area (Å²) in [5.74, 6) is -0.00431. The molecule has 0 unspecified atom stereocenters. The topological polar surface area (TPSA) is 80.9 Å². The maximum Gasteiger partial charge on any atom is 0.224 e. The van der Waals surface area contributed by atoms with Crippen LogP contribution >= 0.6 is 11.8 Å². The van der Waals surface area contributed by atoms with Crippen LogP contribution < -0.4 is 11.1 Å². The summed E-state index contributed by atoms with van der Waals surface area (Å²) in [4.78, 5) is 21.1. The average Bonchev–Trinajstić information content (AvgIpc) is 2.49. The lowest BCUT2D eigenvalue weighted by Gasteiger charge is -2.09. The molecule has 0 fully saturated rings. The van der Waals surface area contributed by atoms with Crippen molar-refractivity contribution in [2.24, 2.45) is 5.73 Å². The molecule has 110 valence electrons. The van der Waals surface area contributed by atoms with Gasteiger partial charge in [0.05, 0.1) is 0 Å². The highest BCUT2D eigenvalue weighted by atomic mass is 32.2. The number of benzene rings is 1. The molecule has 0 spiro atoms. The predicted octanol–water partition coefficient (Wildman–Crippen LogP) is 2.61. The van der Waals surface area contributed by atoms with E-state index in [2.05, 4.69) is 15.3 Å². The Morgan fingerprint density at radius 1 is 1.33 bits per heavy atom. The number of nitrogens with zero attached hydrogens (tertiary/aromatic N) is 2. The molecule has 0 radical (unpaired) electrons. The maximum absolute atomic E-state index is 11.7. The van der Waals surface area contributed by atoms with Crippen LogP contribution in [0, 0.1) is 6.92 Å². The Hall–Kier alpha value is -1.92. The number of carbonyl (C=O) groups is 1. The number of carbonyl (C=O) groups excluding carboxylic acids is 1. The van der Waals surface area contributed by atoms with E-state index in [4.69, 9.17) is 5.73 Å². The molecule has 1 aromatic heterocycles. The lowest BCUT2D eigenvalue weighted by molar-refractivity contribution is -0.116. The summed E-state index contributed by atoms with van der Waals surface area (Å²) in [6.07, 6.45) is 4.58. The van der Waals surface area contributed by atoms with Crippen molar-refractivity contribution in [3.8, 4) is 0 Å². The highest BCUT2D eigenvalue weighted by Gasteiger charge is 2.06. The van der Waals surface area contributed by atoms with Crippen LogP contribution in [0.15, 0.2) is 46.7 Å². The quantitative estimate of drug-likeness (QED) is 0.802. The second-order valence-electron chi connectivity index (χ2n) is 4.55. The first-order valence-electron chi connectivity index (χ1n) is 6.74. The molecule has 3 N–H and O–H groups in total. The number of hydrogen-bond donors (Lipinski definition) is 2. The molecule has 21 heavy (non-hydrogen) atoms. The zero-order chi connectivity index (χ0) is 15.1. The van der Waals surface area contributed by atoms with E-state index >= 15 is 0 Å². The van der Waals surface area contributed by atoms with Gasteiger partial charge < -0.3 is 11.1 Å². The van der Waals surface area contributed by atoms with Crippen molar-refractivity contribution in [1.82, 2.24) is 9.97 Å². The predicted molar refractivity (Wildman–Crippen MR) is 84.3 cm³/mol. The van der Waals surface area contributed by atoms with E-state index in [0.717, 1.165) is 16.1 Å². The molecule has 2 aromatic rings. The molecular weight excluding hydrogens is 284 g/mol. The van der Waals surface area contributed by atoms with Gasteiger partial charge in [0.1, 0.15) is 0 Å². The van der Waals surface area contributed by atoms with E-state index in [-0.39, 0.29) is 5.91 Å². The Morgan fingerprint density at radius 2 is 2.10 bits per heavy atom. The van der Waals surface area contributed by atoms with Gasteiger partial charge in [-0.15, -0.1) is 0 Å². The van der Waals surface area contributed by atoms with Crippen LogP contribution in [0.25, 0.3) is 0 Å². The molecule has 0 aliphatic heterocycles. The van der Waals surface area contributed by atoms with Crippen molar-refractivity contribution in [2.45, 2.75) is 29.8 Å². The Labute approximate surface area is 128 Å². The number of rotatable bonds is 6. The lowest BCUT2D eigenvalue weighted by Crippen LogP contribution is -2.14. The number of anilines is 1. The molecule has 0 atom stereocenters. The third-order valence-corrected chi connectivity index (χ3v) is 3.71. The molecule has 2 rings (SSSR count). The van der Waals surface area contributed by atoms with Crippen LogP contribution in [-0.4, -0.2) is 22.4 Å². The third-order valence-electron chi connectivity index (χ3n) is 2.83. The van der Waals surface area contributed by atoms with Crippen LogP contribution in [0.4, 0.5) is 5.69 Å². The van der Waals surface area contributed by atoms with Gasteiger partial charge >= 0.3 is 0 Å². The van der Waals surface area contributed by atoms with E-state index < -0.39 is 0 Å². The van der Waals surface area contributed by atoms with Gasteiger partial charge in [-0.1, -0.05) is 0 Å². The minimum absolute atomic E-state index is 0.00431. The summed E-state index contributed by atoms with van der Waals surface area (Å²) in [6, 6.07) is 7.66. The molecule has 6 heteroatoms. The maximum atomic E-state index is 11.7. The standard InChI is InChI=1S/C15H18N4OS/c1-11-10-12(21-15-17-8-3-9-18-15)5-6-13(11)19-14(20)4-2-7-16/h3,5-6,8-10H,2,4,7,16H2,1H3,(H,19,20). The molecule has 1 aromatic carbocycles. The van der Waals surface area contributed by atoms with E-state index in [9.17, 15) is 4.79 Å². The van der Waals surface area contributed by atoms with Gasteiger partial charge in [-0.05, 0) is 61.5 Å². The van der Waals surface area contributed by atoms with Crippen molar-refractivity contribution in [3.05, 3.63) is 42.2 Å². The van der Waals surface area contributed by atoms with Crippen molar-refractivity contribution in [1.29, 1.82) is 0 Å². The van der Waals surface area contributed by atoms with Gasteiger partial charge in [0, 0.05) is 29.4 Å².